The van der Waals surface area contributed by atoms with E-state index in [4.69, 9.17) is 32.7 Å². The summed E-state index contributed by atoms with van der Waals surface area (Å²) in [6.07, 6.45) is 0. The third kappa shape index (κ3) is 6.34. The Morgan fingerprint density at radius 2 is 1.61 bits per heavy atom. The van der Waals surface area contributed by atoms with Gasteiger partial charge in [-0.25, -0.2) is 8.42 Å². The molecule has 0 atom stereocenters. The van der Waals surface area contributed by atoms with Crippen molar-refractivity contribution in [3.63, 3.8) is 0 Å². The molecule has 0 aliphatic carbocycles. The Hall–Kier alpha value is -3.14. The highest BCUT2D eigenvalue weighted by molar-refractivity contribution is 7.92. The van der Waals surface area contributed by atoms with Gasteiger partial charge >= 0.3 is 0 Å². The molecule has 1 N–H and O–H groups in total. The summed E-state index contributed by atoms with van der Waals surface area (Å²) in [4.78, 5) is 16.6. The maximum absolute atomic E-state index is 12.7. The number of nitrogens with one attached hydrogen (secondary N) is 1. The Balaban J connectivity index is 1.30. The molecule has 36 heavy (non-hydrogen) atoms. The van der Waals surface area contributed by atoms with Crippen molar-refractivity contribution in [2.24, 2.45) is 0 Å². The minimum absolute atomic E-state index is 0.0317. The van der Waals surface area contributed by atoms with Crippen molar-refractivity contribution in [2.45, 2.75) is 4.90 Å². The Kier molecular flexibility index (Phi) is 8.13. The smallest absolute Gasteiger partial charge is 0.261 e. The molecule has 3 aromatic rings. The molecule has 1 aliphatic heterocycles. The van der Waals surface area contributed by atoms with Gasteiger partial charge in [0.15, 0.2) is 6.61 Å². The largest absolute Gasteiger partial charge is 0.497 e. The van der Waals surface area contributed by atoms with Crippen LogP contribution in [-0.2, 0) is 14.8 Å². The average molecular weight is 550 g/mol. The molecule has 1 heterocycles. The fourth-order valence-electron chi connectivity index (χ4n) is 3.74. The monoisotopic (exact) mass is 549 g/mol. The van der Waals surface area contributed by atoms with Gasteiger partial charge in [0.05, 0.1) is 17.0 Å². The van der Waals surface area contributed by atoms with E-state index in [1.165, 1.54) is 18.2 Å². The van der Waals surface area contributed by atoms with Gasteiger partial charge < -0.3 is 19.3 Å². The van der Waals surface area contributed by atoms with Crippen LogP contribution in [0.5, 0.6) is 11.5 Å². The fourth-order valence-corrected chi connectivity index (χ4v) is 5.25. The van der Waals surface area contributed by atoms with Gasteiger partial charge in [0.2, 0.25) is 0 Å². The number of hydrogen-bond donors (Lipinski definition) is 1. The summed E-state index contributed by atoms with van der Waals surface area (Å²) in [6, 6.07) is 18.2. The summed E-state index contributed by atoms with van der Waals surface area (Å²) in [5.74, 6) is 0.862. The van der Waals surface area contributed by atoms with Crippen molar-refractivity contribution in [3.8, 4) is 11.5 Å². The number of halogens is 2. The maximum atomic E-state index is 12.7. The first-order valence-electron chi connectivity index (χ1n) is 11.1. The third-order valence-corrected chi connectivity index (χ3v) is 7.66. The summed E-state index contributed by atoms with van der Waals surface area (Å²) < 4.78 is 38.6. The van der Waals surface area contributed by atoms with Crippen molar-refractivity contribution < 1.29 is 22.7 Å². The van der Waals surface area contributed by atoms with Crippen LogP contribution in [0.2, 0.25) is 10.0 Å². The first kappa shape index (κ1) is 25.9. The van der Waals surface area contributed by atoms with Crippen molar-refractivity contribution >= 4 is 50.5 Å². The molecule has 11 heteroatoms. The number of amides is 1. The van der Waals surface area contributed by atoms with Gasteiger partial charge in [0.25, 0.3) is 15.9 Å². The number of hydrogen-bond acceptors (Lipinski definition) is 6. The molecule has 0 saturated carbocycles. The lowest BCUT2D eigenvalue weighted by Gasteiger charge is -2.36. The Labute approximate surface area is 220 Å². The van der Waals surface area contributed by atoms with Crippen molar-refractivity contribution in [1.29, 1.82) is 0 Å². The third-order valence-electron chi connectivity index (χ3n) is 5.73. The quantitative estimate of drug-likeness (QED) is 0.444. The number of benzene rings is 3. The number of rotatable bonds is 8. The molecule has 0 aromatic heterocycles. The predicted octanol–water partition coefficient (Wildman–Crippen LogP) is 4.53. The van der Waals surface area contributed by atoms with Crippen LogP contribution in [0, 0.1) is 0 Å². The molecule has 4 rings (SSSR count). The molecule has 0 unspecified atom stereocenters. The lowest BCUT2D eigenvalue weighted by Crippen LogP contribution is -2.50. The Morgan fingerprint density at radius 1 is 0.944 bits per heavy atom. The van der Waals surface area contributed by atoms with Crippen LogP contribution >= 0.6 is 23.2 Å². The summed E-state index contributed by atoms with van der Waals surface area (Å²) in [7, 11) is -2.24. The first-order valence-corrected chi connectivity index (χ1v) is 13.4. The number of piperazine rings is 1. The zero-order valence-corrected chi connectivity index (χ0v) is 21.8. The second-order valence-corrected chi connectivity index (χ2v) is 10.6. The van der Waals surface area contributed by atoms with Gasteiger partial charge in [-0.15, -0.1) is 0 Å². The highest BCUT2D eigenvalue weighted by Crippen LogP contribution is 2.29. The summed E-state index contributed by atoms with van der Waals surface area (Å²) in [5.41, 5.74) is 1.44. The van der Waals surface area contributed by atoms with E-state index in [-0.39, 0.29) is 28.2 Å². The normalized spacial score (nSPS) is 13.9. The molecule has 190 valence electrons. The van der Waals surface area contributed by atoms with Gasteiger partial charge in [0.1, 0.15) is 11.5 Å². The molecule has 0 radical (unpaired) electrons. The van der Waals surface area contributed by atoms with Crippen LogP contribution in [0.4, 0.5) is 11.4 Å². The van der Waals surface area contributed by atoms with Crippen molar-refractivity contribution in [1.82, 2.24) is 4.90 Å². The molecule has 1 fully saturated rings. The number of nitrogens with zero attached hydrogens (tertiary/aromatic N) is 2. The standard InChI is InChI=1S/C25H25Cl2N3O5S/c1-34-21-8-6-20(7-9-21)29-12-14-30(15-13-29)25(31)17-35-24-11-10-22(16-23(24)27)36(32,33)28-19-4-2-18(26)3-5-19/h2-11,16,28H,12-15,17H2,1H3. The minimum atomic E-state index is -3.87. The van der Waals surface area contributed by atoms with Gasteiger partial charge in [-0.3, -0.25) is 9.52 Å². The van der Waals surface area contributed by atoms with E-state index in [9.17, 15) is 13.2 Å². The van der Waals surface area contributed by atoms with Crippen molar-refractivity contribution in [3.05, 3.63) is 76.8 Å². The lowest BCUT2D eigenvalue weighted by molar-refractivity contribution is -0.133. The van der Waals surface area contributed by atoms with Gasteiger partial charge in [-0.2, -0.15) is 0 Å². The summed E-state index contributed by atoms with van der Waals surface area (Å²) in [5, 5.41) is 0.585. The van der Waals surface area contributed by atoms with Crippen LogP contribution in [0.3, 0.4) is 0 Å². The Bertz CT molecular complexity index is 1310. The van der Waals surface area contributed by atoms with Crippen LogP contribution in [-0.4, -0.2) is 59.1 Å². The number of carbonyl (C=O) groups excluding carboxylic acids is 1. The van der Waals surface area contributed by atoms with E-state index in [0.717, 1.165) is 11.4 Å². The fraction of sp³-hybridized carbons (Fsp3) is 0.240. The van der Waals surface area contributed by atoms with E-state index >= 15 is 0 Å². The number of ether oxygens (including phenoxy) is 2. The molecular weight excluding hydrogens is 525 g/mol. The highest BCUT2D eigenvalue weighted by Gasteiger charge is 2.22. The van der Waals surface area contributed by atoms with Gasteiger partial charge in [-0.1, -0.05) is 23.2 Å². The number of carbonyl (C=O) groups is 1. The van der Waals surface area contributed by atoms with E-state index < -0.39 is 10.0 Å². The zero-order valence-electron chi connectivity index (χ0n) is 19.5. The van der Waals surface area contributed by atoms with Crippen LogP contribution in [0.1, 0.15) is 0 Å². The molecule has 1 saturated heterocycles. The molecule has 1 aliphatic rings. The lowest BCUT2D eigenvalue weighted by atomic mass is 10.2. The van der Waals surface area contributed by atoms with E-state index in [0.29, 0.717) is 36.9 Å². The zero-order chi connectivity index (χ0) is 25.7. The second kappa shape index (κ2) is 11.3. The first-order chi connectivity index (χ1) is 17.2. The number of methoxy groups -OCH3 is 1. The number of anilines is 2. The molecule has 8 nitrogen and oxygen atoms in total. The maximum Gasteiger partial charge on any atom is 0.261 e. The van der Waals surface area contributed by atoms with E-state index in [1.807, 2.05) is 24.3 Å². The summed E-state index contributed by atoms with van der Waals surface area (Å²) in [6.45, 7) is 2.33. The molecule has 0 bridgehead atoms. The predicted molar refractivity (Wildman–Crippen MR) is 141 cm³/mol. The van der Waals surface area contributed by atoms with Crippen LogP contribution in [0.25, 0.3) is 0 Å². The summed E-state index contributed by atoms with van der Waals surface area (Å²) >= 11 is 12.1. The SMILES string of the molecule is COc1ccc(N2CCN(C(=O)COc3ccc(S(=O)(=O)Nc4ccc(Cl)cc4)cc3Cl)CC2)cc1. The Morgan fingerprint density at radius 3 is 2.22 bits per heavy atom. The van der Waals surface area contributed by atoms with Crippen LogP contribution in [0.15, 0.2) is 71.6 Å². The highest BCUT2D eigenvalue weighted by atomic mass is 35.5. The number of sulfonamides is 1. The van der Waals surface area contributed by atoms with Gasteiger partial charge in [0, 0.05) is 42.6 Å². The van der Waals surface area contributed by atoms with Gasteiger partial charge in [-0.05, 0) is 66.7 Å². The molecule has 3 aromatic carbocycles. The van der Waals surface area contributed by atoms with E-state index in [1.54, 1.807) is 36.3 Å². The van der Waals surface area contributed by atoms with E-state index in [2.05, 4.69) is 9.62 Å². The molecule has 1 amide bonds. The molecular formula is C25H25Cl2N3O5S. The minimum Gasteiger partial charge on any atom is -0.497 e. The van der Waals surface area contributed by atoms with Crippen molar-refractivity contribution in [2.75, 3.05) is 49.5 Å². The average Bonchev–Trinajstić information content (AvgIpc) is 2.89. The topological polar surface area (TPSA) is 88.2 Å². The van der Waals surface area contributed by atoms with Crippen LogP contribution < -0.4 is 19.1 Å². The second-order valence-electron chi connectivity index (χ2n) is 8.06. The molecule has 0 spiro atoms.